The van der Waals surface area contributed by atoms with Gasteiger partial charge in [-0.1, -0.05) is 13.8 Å². The van der Waals surface area contributed by atoms with Crippen molar-refractivity contribution < 1.29 is 0 Å². The van der Waals surface area contributed by atoms with Crippen LogP contribution in [0.25, 0.3) is 0 Å². The number of anilines is 1. The van der Waals surface area contributed by atoms with Crippen LogP contribution in [0.4, 0.5) is 5.82 Å². The molecule has 0 spiro atoms. The van der Waals surface area contributed by atoms with Crippen LogP contribution in [0.5, 0.6) is 0 Å². The predicted octanol–water partition coefficient (Wildman–Crippen LogP) is 4.61. The SMILES string of the molecule is CCC(CC)(CCl)CNc1ncc(Br)cc1C. The molecule has 1 heterocycles. The number of aromatic nitrogens is 1. The van der Waals surface area contributed by atoms with Crippen molar-refractivity contribution in [2.45, 2.75) is 33.6 Å². The Labute approximate surface area is 117 Å². The highest BCUT2D eigenvalue weighted by atomic mass is 79.9. The quantitative estimate of drug-likeness (QED) is 0.775. The number of halogens is 2. The van der Waals surface area contributed by atoms with Crippen molar-refractivity contribution in [3.05, 3.63) is 22.3 Å². The maximum absolute atomic E-state index is 6.09. The number of nitrogens with zero attached hydrogens (tertiary/aromatic N) is 1. The van der Waals surface area contributed by atoms with Gasteiger partial charge in [0.05, 0.1) is 0 Å². The fourth-order valence-electron chi connectivity index (χ4n) is 1.73. The molecule has 17 heavy (non-hydrogen) atoms. The second-order valence-corrected chi connectivity index (χ2v) is 5.70. The monoisotopic (exact) mass is 318 g/mol. The van der Waals surface area contributed by atoms with Gasteiger partial charge in [-0.2, -0.15) is 0 Å². The average molecular weight is 320 g/mol. The molecule has 96 valence electrons. The van der Waals surface area contributed by atoms with Crippen molar-refractivity contribution in [3.8, 4) is 0 Å². The molecule has 1 N–H and O–H groups in total. The van der Waals surface area contributed by atoms with Crippen molar-refractivity contribution in [2.75, 3.05) is 17.7 Å². The fraction of sp³-hybridized carbons (Fsp3) is 0.615. The molecule has 2 nitrogen and oxygen atoms in total. The minimum absolute atomic E-state index is 0.169. The van der Waals surface area contributed by atoms with Gasteiger partial charge in [-0.3, -0.25) is 0 Å². The smallest absolute Gasteiger partial charge is 0.128 e. The summed E-state index contributed by atoms with van der Waals surface area (Å²) < 4.78 is 1.01. The normalized spacial score (nSPS) is 11.6. The summed E-state index contributed by atoms with van der Waals surface area (Å²) in [6.07, 6.45) is 3.97. The van der Waals surface area contributed by atoms with E-state index in [1.165, 1.54) is 0 Å². The van der Waals surface area contributed by atoms with Gasteiger partial charge < -0.3 is 5.32 Å². The van der Waals surface area contributed by atoms with E-state index in [4.69, 9.17) is 11.6 Å². The highest BCUT2D eigenvalue weighted by molar-refractivity contribution is 9.10. The first-order valence-electron chi connectivity index (χ1n) is 5.99. The molecule has 0 atom stereocenters. The highest BCUT2D eigenvalue weighted by Crippen LogP contribution is 2.28. The Balaban J connectivity index is 2.72. The third kappa shape index (κ3) is 3.85. The first kappa shape index (κ1) is 14.8. The maximum Gasteiger partial charge on any atom is 0.128 e. The molecule has 0 saturated heterocycles. The molecule has 4 heteroatoms. The molecule has 0 bridgehead atoms. The standard InChI is InChI=1S/C13H20BrClN2/c1-4-13(5-2,8-15)9-17-12-10(3)6-11(14)7-16-12/h6-7H,4-5,8-9H2,1-3H3,(H,16,17). The second-order valence-electron chi connectivity index (χ2n) is 4.51. The van der Waals surface area contributed by atoms with Gasteiger partial charge in [0.2, 0.25) is 0 Å². The van der Waals surface area contributed by atoms with Crippen molar-refractivity contribution >= 4 is 33.3 Å². The molecule has 1 aromatic heterocycles. The lowest BCUT2D eigenvalue weighted by atomic mass is 9.84. The number of aryl methyl sites for hydroxylation is 1. The Morgan fingerprint density at radius 1 is 1.41 bits per heavy atom. The van der Waals surface area contributed by atoms with Gasteiger partial charge >= 0.3 is 0 Å². The predicted molar refractivity (Wildman–Crippen MR) is 78.9 cm³/mol. The van der Waals surface area contributed by atoms with Crippen LogP contribution in [-0.2, 0) is 0 Å². The topological polar surface area (TPSA) is 24.9 Å². The van der Waals surface area contributed by atoms with Crippen molar-refractivity contribution in [1.29, 1.82) is 0 Å². The molecule has 0 amide bonds. The minimum atomic E-state index is 0.169. The molecule has 0 radical (unpaired) electrons. The molecule has 0 saturated carbocycles. The molecule has 1 rings (SSSR count). The van der Waals surface area contributed by atoms with Crippen LogP contribution < -0.4 is 5.32 Å². The number of nitrogens with one attached hydrogen (secondary N) is 1. The van der Waals surface area contributed by atoms with Crippen molar-refractivity contribution in [1.82, 2.24) is 4.98 Å². The van der Waals surface area contributed by atoms with Crippen LogP contribution in [-0.4, -0.2) is 17.4 Å². The van der Waals surface area contributed by atoms with E-state index in [2.05, 4.69) is 53.1 Å². The number of alkyl halides is 1. The lowest BCUT2D eigenvalue weighted by Gasteiger charge is -2.29. The van der Waals surface area contributed by atoms with Gasteiger partial charge in [0.15, 0.2) is 0 Å². The number of hydrogen-bond donors (Lipinski definition) is 1. The highest BCUT2D eigenvalue weighted by Gasteiger charge is 2.25. The molecule has 0 aliphatic heterocycles. The number of hydrogen-bond acceptors (Lipinski definition) is 2. The third-order valence-corrected chi connectivity index (χ3v) is 4.46. The summed E-state index contributed by atoms with van der Waals surface area (Å²) in [5.74, 6) is 1.63. The number of pyridine rings is 1. The molecule has 0 unspecified atom stereocenters. The van der Waals surface area contributed by atoms with E-state index in [1.54, 1.807) is 0 Å². The van der Waals surface area contributed by atoms with Gasteiger partial charge in [0.1, 0.15) is 5.82 Å². The van der Waals surface area contributed by atoms with Gasteiger partial charge in [0.25, 0.3) is 0 Å². The van der Waals surface area contributed by atoms with E-state index in [0.717, 1.165) is 35.2 Å². The van der Waals surface area contributed by atoms with E-state index >= 15 is 0 Å². The van der Waals surface area contributed by atoms with Crippen LogP contribution >= 0.6 is 27.5 Å². The molecular formula is C13H20BrClN2. The van der Waals surface area contributed by atoms with Crippen LogP contribution in [0, 0.1) is 12.3 Å². The molecule has 1 aromatic rings. The fourth-order valence-corrected chi connectivity index (χ4v) is 2.65. The van der Waals surface area contributed by atoms with E-state index in [1.807, 2.05) is 6.20 Å². The second kappa shape index (κ2) is 6.60. The lowest BCUT2D eigenvalue weighted by Crippen LogP contribution is -2.30. The van der Waals surface area contributed by atoms with E-state index in [0.29, 0.717) is 5.88 Å². The van der Waals surface area contributed by atoms with Crippen molar-refractivity contribution in [3.63, 3.8) is 0 Å². The largest absolute Gasteiger partial charge is 0.369 e. The summed E-state index contributed by atoms with van der Waals surface area (Å²) in [5.41, 5.74) is 1.32. The summed E-state index contributed by atoms with van der Waals surface area (Å²) in [4.78, 5) is 4.38. The zero-order valence-corrected chi connectivity index (χ0v) is 13.0. The van der Waals surface area contributed by atoms with Gasteiger partial charge in [-0.15, -0.1) is 11.6 Å². The van der Waals surface area contributed by atoms with Gasteiger partial charge in [-0.25, -0.2) is 4.98 Å². The molecule has 0 aromatic carbocycles. The Morgan fingerprint density at radius 3 is 2.53 bits per heavy atom. The van der Waals surface area contributed by atoms with E-state index in [9.17, 15) is 0 Å². The summed E-state index contributed by atoms with van der Waals surface area (Å²) >= 11 is 9.50. The first-order chi connectivity index (χ1) is 8.06. The molecule has 0 aliphatic carbocycles. The number of rotatable bonds is 6. The third-order valence-electron chi connectivity index (χ3n) is 3.46. The molecular weight excluding hydrogens is 300 g/mol. The van der Waals surface area contributed by atoms with Gasteiger partial charge in [-0.05, 0) is 47.3 Å². The zero-order valence-electron chi connectivity index (χ0n) is 10.7. The Bertz CT molecular complexity index is 356. The van der Waals surface area contributed by atoms with Crippen LogP contribution in [0.1, 0.15) is 32.3 Å². The van der Waals surface area contributed by atoms with Gasteiger partial charge in [0, 0.05) is 28.5 Å². The lowest BCUT2D eigenvalue weighted by molar-refractivity contribution is 0.326. The summed E-state index contributed by atoms with van der Waals surface area (Å²) in [7, 11) is 0. The Morgan fingerprint density at radius 2 is 2.06 bits per heavy atom. The molecule has 0 aliphatic rings. The zero-order chi connectivity index (χ0) is 12.9. The van der Waals surface area contributed by atoms with Crippen molar-refractivity contribution in [2.24, 2.45) is 5.41 Å². The Hall–Kier alpha value is -0.280. The van der Waals surface area contributed by atoms with Crippen LogP contribution in [0.3, 0.4) is 0 Å². The summed E-state index contributed by atoms with van der Waals surface area (Å²) in [6, 6.07) is 2.07. The summed E-state index contributed by atoms with van der Waals surface area (Å²) in [5, 5.41) is 3.42. The van der Waals surface area contributed by atoms with E-state index < -0.39 is 0 Å². The van der Waals surface area contributed by atoms with Crippen LogP contribution in [0.15, 0.2) is 16.7 Å². The molecule has 0 fully saturated rings. The maximum atomic E-state index is 6.09. The summed E-state index contributed by atoms with van der Waals surface area (Å²) in [6.45, 7) is 7.31. The average Bonchev–Trinajstić information content (AvgIpc) is 2.33. The first-order valence-corrected chi connectivity index (χ1v) is 7.31. The van der Waals surface area contributed by atoms with E-state index in [-0.39, 0.29) is 5.41 Å². The Kier molecular flexibility index (Phi) is 5.74. The van der Waals surface area contributed by atoms with Crippen LogP contribution in [0.2, 0.25) is 0 Å². The minimum Gasteiger partial charge on any atom is -0.369 e.